The average molecular weight is 855 g/mol. The molecule has 14 heteroatoms. The zero-order chi connectivity index (χ0) is 42.7. The molecule has 8 rings (SSSR count). The number of hydrogen-bond acceptors (Lipinski definition) is 8. The number of benzene rings is 3. The van der Waals surface area contributed by atoms with E-state index in [0.29, 0.717) is 90.3 Å². The van der Waals surface area contributed by atoms with Crippen molar-refractivity contribution in [3.63, 3.8) is 0 Å². The van der Waals surface area contributed by atoms with Gasteiger partial charge in [0.05, 0.1) is 48.2 Å². The highest BCUT2D eigenvalue weighted by Crippen LogP contribution is 2.48. The number of hydrogen-bond donors (Lipinski definition) is 1. The molecule has 2 aliphatic rings. The predicted octanol–water partition coefficient (Wildman–Crippen LogP) is 9.94. The van der Waals surface area contributed by atoms with Crippen molar-refractivity contribution >= 4 is 62.6 Å². The molecule has 0 spiro atoms. The fourth-order valence-electron chi connectivity index (χ4n) is 9.10. The SMILES string of the molecule is CCOc1c(O[C@H]2CCOC2)cc(N2C[C@@H](C)n3c(c(CCCOc4cc(C)c(Cl)c(C)c4)c4ccc(Cl)c(-c5c(C)nc(C)nc5C)c43)C2=O)c2c1cc(C(=O)O)n2C. The minimum atomic E-state index is -1.10. The molecule has 0 radical (unpaired) electrons. The van der Waals surface area contributed by atoms with Crippen LogP contribution in [0.5, 0.6) is 17.2 Å². The van der Waals surface area contributed by atoms with E-state index >= 15 is 4.79 Å². The molecule has 314 valence electrons. The molecule has 0 aliphatic carbocycles. The summed E-state index contributed by atoms with van der Waals surface area (Å²) in [5.74, 6) is 0.911. The van der Waals surface area contributed by atoms with E-state index in [1.54, 1.807) is 22.6 Å². The predicted molar refractivity (Wildman–Crippen MR) is 234 cm³/mol. The van der Waals surface area contributed by atoms with Gasteiger partial charge in [0.1, 0.15) is 29.1 Å². The maximum absolute atomic E-state index is 15.6. The van der Waals surface area contributed by atoms with Crippen molar-refractivity contribution in [1.82, 2.24) is 19.1 Å². The second-order valence-corrected chi connectivity index (χ2v) is 16.6. The number of nitrogens with zero attached hydrogens (tertiary/aromatic N) is 5. The third kappa shape index (κ3) is 7.12. The molecular formula is C46H49Cl2N5O7. The maximum Gasteiger partial charge on any atom is 0.352 e. The monoisotopic (exact) mass is 853 g/mol. The van der Waals surface area contributed by atoms with Gasteiger partial charge in [-0.2, -0.15) is 0 Å². The van der Waals surface area contributed by atoms with Gasteiger partial charge in [-0.05, 0) is 102 Å². The number of ether oxygens (including phenoxy) is 4. The van der Waals surface area contributed by atoms with Gasteiger partial charge in [0.2, 0.25) is 0 Å². The van der Waals surface area contributed by atoms with Crippen LogP contribution >= 0.6 is 23.2 Å². The first kappa shape index (κ1) is 41.4. The summed E-state index contributed by atoms with van der Waals surface area (Å²) in [6, 6.07) is 10.9. The molecule has 2 atom stereocenters. The lowest BCUT2D eigenvalue weighted by Crippen LogP contribution is -2.43. The van der Waals surface area contributed by atoms with E-state index in [1.807, 2.05) is 71.9 Å². The highest BCUT2D eigenvalue weighted by Gasteiger charge is 2.39. The lowest BCUT2D eigenvalue weighted by atomic mass is 9.97. The Bertz CT molecular complexity index is 2670. The normalized spacial score (nSPS) is 16.6. The van der Waals surface area contributed by atoms with E-state index in [0.717, 1.165) is 60.9 Å². The van der Waals surface area contributed by atoms with E-state index in [-0.39, 0.29) is 30.3 Å². The summed E-state index contributed by atoms with van der Waals surface area (Å²) in [5.41, 5.74) is 8.42. The molecule has 3 aromatic carbocycles. The first-order valence-electron chi connectivity index (χ1n) is 20.4. The topological polar surface area (TPSA) is 130 Å². The number of anilines is 1. The van der Waals surface area contributed by atoms with Crippen LogP contribution in [-0.2, 0) is 18.2 Å². The van der Waals surface area contributed by atoms with Crippen LogP contribution in [0.2, 0.25) is 10.0 Å². The highest BCUT2D eigenvalue weighted by molar-refractivity contribution is 6.35. The summed E-state index contributed by atoms with van der Waals surface area (Å²) in [6.07, 6.45) is 1.58. The molecule has 1 saturated heterocycles. The first-order chi connectivity index (χ1) is 28.7. The fraction of sp³-hybridized carbons (Fsp3) is 0.391. The van der Waals surface area contributed by atoms with Crippen molar-refractivity contribution in [2.24, 2.45) is 7.05 Å². The van der Waals surface area contributed by atoms with Gasteiger partial charge in [0.25, 0.3) is 5.91 Å². The molecule has 6 aromatic rings. The quantitative estimate of drug-likeness (QED) is 0.120. The number of aryl methyl sites for hydroxylation is 7. The molecule has 0 bridgehead atoms. The van der Waals surface area contributed by atoms with Crippen LogP contribution in [0.3, 0.4) is 0 Å². The zero-order valence-corrected chi connectivity index (χ0v) is 36.7. The van der Waals surface area contributed by atoms with Crippen molar-refractivity contribution in [3.8, 4) is 28.4 Å². The number of carboxylic acids is 1. The van der Waals surface area contributed by atoms with E-state index in [2.05, 4.69) is 11.5 Å². The Balaban J connectivity index is 1.31. The maximum atomic E-state index is 15.6. The number of rotatable bonds is 12. The molecule has 2 aliphatic heterocycles. The Morgan fingerprint density at radius 2 is 1.68 bits per heavy atom. The van der Waals surface area contributed by atoms with Crippen LogP contribution in [-0.4, -0.2) is 75.2 Å². The van der Waals surface area contributed by atoms with Gasteiger partial charge < -0.3 is 38.1 Å². The summed E-state index contributed by atoms with van der Waals surface area (Å²) < 4.78 is 28.4. The summed E-state index contributed by atoms with van der Waals surface area (Å²) in [5, 5.41) is 13.0. The van der Waals surface area contributed by atoms with Gasteiger partial charge in [-0.1, -0.05) is 29.3 Å². The van der Waals surface area contributed by atoms with Crippen LogP contribution in [0.1, 0.15) is 87.6 Å². The summed E-state index contributed by atoms with van der Waals surface area (Å²) >= 11 is 13.6. The van der Waals surface area contributed by atoms with E-state index in [4.69, 9.17) is 52.1 Å². The number of carboxylic acid groups (broad SMARTS) is 1. The van der Waals surface area contributed by atoms with Crippen molar-refractivity contribution in [2.75, 3.05) is 37.9 Å². The largest absolute Gasteiger partial charge is 0.494 e. The molecule has 1 fully saturated rings. The van der Waals surface area contributed by atoms with Crippen molar-refractivity contribution < 1.29 is 33.6 Å². The number of halogens is 2. The number of aromatic carboxylic acids is 1. The van der Waals surface area contributed by atoms with E-state index < -0.39 is 5.97 Å². The van der Waals surface area contributed by atoms with Crippen molar-refractivity contribution in [1.29, 1.82) is 0 Å². The molecular weight excluding hydrogens is 805 g/mol. The molecule has 60 heavy (non-hydrogen) atoms. The van der Waals surface area contributed by atoms with Gasteiger partial charge in [0, 0.05) is 70.4 Å². The second kappa shape index (κ2) is 16.3. The summed E-state index contributed by atoms with van der Waals surface area (Å²) in [4.78, 5) is 39.4. The number of carbonyl (C=O) groups is 2. The molecule has 12 nitrogen and oxygen atoms in total. The number of aromatic nitrogens is 4. The molecule has 1 N–H and O–H groups in total. The van der Waals surface area contributed by atoms with E-state index in [9.17, 15) is 9.90 Å². The Kier molecular flexibility index (Phi) is 11.2. The smallest absolute Gasteiger partial charge is 0.352 e. The fourth-order valence-corrected chi connectivity index (χ4v) is 9.46. The number of carbonyl (C=O) groups excluding carboxylic acids is 1. The van der Waals surface area contributed by atoms with Gasteiger partial charge in [-0.3, -0.25) is 4.79 Å². The standard InChI is InChI=1S/C46H49Cl2N5O7/c1-9-58-44-33-19-36(46(55)56)51(8)41(33)35(20-37(44)60-29-14-16-57-22-29)52-21-25(4)53-42-32(12-13-34(47)39(42)38-26(5)49-28(7)50-27(38)6)31(43(53)45(52)54)11-10-15-59-30-17-23(2)40(48)24(3)18-30/h12-13,17-20,25,29H,9-11,14-16,21-22H2,1-8H3,(H,55,56)/t25-,29+/m1/s1. The summed E-state index contributed by atoms with van der Waals surface area (Å²) in [7, 11) is 1.70. The molecule has 3 aromatic heterocycles. The number of amides is 1. The Morgan fingerprint density at radius 3 is 2.33 bits per heavy atom. The van der Waals surface area contributed by atoms with E-state index in [1.165, 1.54) is 0 Å². The second-order valence-electron chi connectivity index (χ2n) is 15.8. The minimum Gasteiger partial charge on any atom is -0.494 e. The third-order valence-corrected chi connectivity index (χ3v) is 12.5. The van der Waals surface area contributed by atoms with Crippen molar-refractivity contribution in [2.45, 2.75) is 79.9 Å². The highest BCUT2D eigenvalue weighted by atomic mass is 35.5. The minimum absolute atomic E-state index is 0.0530. The van der Waals surface area contributed by atoms with Crippen LogP contribution in [0.4, 0.5) is 5.69 Å². The third-order valence-electron chi connectivity index (χ3n) is 11.6. The van der Waals surface area contributed by atoms with Gasteiger partial charge >= 0.3 is 5.97 Å². The van der Waals surface area contributed by atoms with Gasteiger partial charge in [-0.25, -0.2) is 14.8 Å². The average Bonchev–Trinajstić information content (AvgIpc) is 3.92. The molecule has 5 heterocycles. The molecule has 1 amide bonds. The summed E-state index contributed by atoms with van der Waals surface area (Å²) in [6.45, 7) is 15.6. The Morgan fingerprint density at radius 1 is 0.967 bits per heavy atom. The van der Waals surface area contributed by atoms with Crippen LogP contribution in [0.25, 0.3) is 32.9 Å². The van der Waals surface area contributed by atoms with Gasteiger partial charge in [0.15, 0.2) is 11.5 Å². The van der Waals surface area contributed by atoms with Crippen molar-refractivity contribution in [3.05, 3.63) is 91.7 Å². The van der Waals surface area contributed by atoms with Crippen LogP contribution in [0, 0.1) is 34.6 Å². The molecule has 0 unspecified atom stereocenters. The molecule has 0 saturated carbocycles. The van der Waals surface area contributed by atoms with Crippen LogP contribution < -0.4 is 19.1 Å². The zero-order valence-electron chi connectivity index (χ0n) is 35.2. The van der Waals surface area contributed by atoms with Gasteiger partial charge in [-0.15, -0.1) is 0 Å². The lowest BCUT2D eigenvalue weighted by molar-refractivity contribution is 0.0687. The Labute approximate surface area is 358 Å². The lowest BCUT2D eigenvalue weighted by Gasteiger charge is -2.35. The first-order valence-corrected chi connectivity index (χ1v) is 21.1. The van der Waals surface area contributed by atoms with Crippen LogP contribution in [0.15, 0.2) is 36.4 Å². The number of fused-ring (bicyclic) bond motifs is 4. The Hall–Kier alpha value is -5.30.